The number of carboxylic acids is 1. The highest BCUT2D eigenvalue weighted by Crippen LogP contribution is 2.23. The van der Waals surface area contributed by atoms with Crippen LogP contribution in [-0.2, 0) is 4.79 Å². The first kappa shape index (κ1) is 11.3. The molecule has 14 heavy (non-hydrogen) atoms. The van der Waals surface area contributed by atoms with Crippen molar-refractivity contribution < 1.29 is 9.90 Å². The van der Waals surface area contributed by atoms with Crippen LogP contribution in [0, 0.1) is 0 Å². The molecule has 0 heterocycles. The highest BCUT2D eigenvalue weighted by atomic mass is 35.5. The maximum atomic E-state index is 10.4. The zero-order valence-electron chi connectivity index (χ0n) is 7.21. The standard InChI is InChI=1S/C9H9Cl2NO2/c10-6-1-5(2-7(11)3-6)8(12)4-9(13)14/h1-3,8H,4,12H2,(H,13,14). The predicted octanol–water partition coefficient (Wildman–Crippen LogP) is 2.47. The van der Waals surface area contributed by atoms with Crippen LogP contribution in [-0.4, -0.2) is 11.1 Å². The summed E-state index contributed by atoms with van der Waals surface area (Å²) in [5.74, 6) is -0.950. The number of carbonyl (C=O) groups is 1. The average molecular weight is 234 g/mol. The van der Waals surface area contributed by atoms with E-state index >= 15 is 0 Å². The number of benzene rings is 1. The number of nitrogens with two attached hydrogens (primary N) is 1. The van der Waals surface area contributed by atoms with Crippen LogP contribution in [0.3, 0.4) is 0 Å². The molecule has 0 aromatic heterocycles. The van der Waals surface area contributed by atoms with Crippen LogP contribution in [0.1, 0.15) is 18.0 Å². The Hall–Kier alpha value is -0.770. The first-order valence-electron chi connectivity index (χ1n) is 3.92. The first-order chi connectivity index (χ1) is 6.49. The second-order valence-corrected chi connectivity index (χ2v) is 3.78. The minimum atomic E-state index is -0.950. The van der Waals surface area contributed by atoms with Gasteiger partial charge < -0.3 is 10.8 Å². The maximum absolute atomic E-state index is 10.4. The number of aliphatic carboxylic acids is 1. The zero-order chi connectivity index (χ0) is 10.7. The Labute approximate surface area is 91.4 Å². The Balaban J connectivity index is 2.89. The molecule has 0 saturated heterocycles. The van der Waals surface area contributed by atoms with Crippen LogP contribution >= 0.6 is 23.2 Å². The lowest BCUT2D eigenvalue weighted by Gasteiger charge is -2.09. The fourth-order valence-corrected chi connectivity index (χ4v) is 1.64. The summed E-state index contributed by atoms with van der Waals surface area (Å²) < 4.78 is 0. The summed E-state index contributed by atoms with van der Waals surface area (Å²) in [7, 11) is 0. The number of hydrogen-bond donors (Lipinski definition) is 2. The molecule has 0 bridgehead atoms. The van der Waals surface area contributed by atoms with Crippen molar-refractivity contribution in [3.8, 4) is 0 Å². The van der Waals surface area contributed by atoms with E-state index in [1.54, 1.807) is 18.2 Å². The summed E-state index contributed by atoms with van der Waals surface area (Å²) in [6.45, 7) is 0. The van der Waals surface area contributed by atoms with Crippen LogP contribution in [0.4, 0.5) is 0 Å². The number of rotatable bonds is 3. The summed E-state index contributed by atoms with van der Waals surface area (Å²) in [5, 5.41) is 9.44. The molecule has 0 spiro atoms. The fourth-order valence-electron chi connectivity index (χ4n) is 1.10. The van der Waals surface area contributed by atoms with Gasteiger partial charge in [-0.25, -0.2) is 0 Å². The molecule has 1 aromatic carbocycles. The van der Waals surface area contributed by atoms with E-state index in [1.165, 1.54) is 0 Å². The van der Waals surface area contributed by atoms with Crippen LogP contribution in [0.5, 0.6) is 0 Å². The highest BCUT2D eigenvalue weighted by Gasteiger charge is 2.11. The van der Waals surface area contributed by atoms with E-state index in [1.807, 2.05) is 0 Å². The van der Waals surface area contributed by atoms with E-state index in [0.717, 1.165) is 0 Å². The molecule has 1 unspecified atom stereocenters. The van der Waals surface area contributed by atoms with Crippen molar-refractivity contribution in [2.24, 2.45) is 5.73 Å². The summed E-state index contributed by atoms with van der Waals surface area (Å²) in [4.78, 5) is 10.4. The van der Waals surface area contributed by atoms with Gasteiger partial charge in [-0.1, -0.05) is 23.2 Å². The van der Waals surface area contributed by atoms with Crippen molar-refractivity contribution in [3.63, 3.8) is 0 Å². The lowest BCUT2D eigenvalue weighted by atomic mass is 10.1. The predicted molar refractivity (Wildman–Crippen MR) is 55.6 cm³/mol. The van der Waals surface area contributed by atoms with Crippen LogP contribution in [0.15, 0.2) is 18.2 Å². The molecule has 0 aliphatic carbocycles. The minimum absolute atomic E-state index is 0.142. The van der Waals surface area contributed by atoms with Gasteiger partial charge in [0.1, 0.15) is 0 Å². The lowest BCUT2D eigenvalue weighted by Crippen LogP contribution is -2.14. The molecule has 1 atom stereocenters. The first-order valence-corrected chi connectivity index (χ1v) is 4.68. The second-order valence-electron chi connectivity index (χ2n) is 2.91. The molecule has 0 fully saturated rings. The van der Waals surface area contributed by atoms with Gasteiger partial charge in [0, 0.05) is 16.1 Å². The Morgan fingerprint density at radius 1 is 1.36 bits per heavy atom. The van der Waals surface area contributed by atoms with Gasteiger partial charge in [0.05, 0.1) is 6.42 Å². The van der Waals surface area contributed by atoms with Crippen LogP contribution < -0.4 is 5.73 Å². The van der Waals surface area contributed by atoms with E-state index in [0.29, 0.717) is 15.6 Å². The zero-order valence-corrected chi connectivity index (χ0v) is 8.72. The average Bonchev–Trinajstić information content (AvgIpc) is 2.00. The van der Waals surface area contributed by atoms with Crippen molar-refractivity contribution in [2.45, 2.75) is 12.5 Å². The molecule has 0 aliphatic rings. The fraction of sp³-hybridized carbons (Fsp3) is 0.222. The third kappa shape index (κ3) is 3.18. The molecule has 5 heteroatoms. The SMILES string of the molecule is NC(CC(=O)O)c1cc(Cl)cc(Cl)c1. The van der Waals surface area contributed by atoms with E-state index in [-0.39, 0.29) is 6.42 Å². The van der Waals surface area contributed by atoms with E-state index < -0.39 is 12.0 Å². The molecule has 3 N–H and O–H groups in total. The molecule has 1 rings (SSSR count). The molecule has 1 aromatic rings. The van der Waals surface area contributed by atoms with Gasteiger partial charge in [0.2, 0.25) is 0 Å². The molecule has 0 saturated carbocycles. The molecule has 0 aliphatic heterocycles. The highest BCUT2D eigenvalue weighted by molar-refractivity contribution is 6.34. The molecule has 76 valence electrons. The summed E-state index contributed by atoms with van der Waals surface area (Å²) in [6.07, 6.45) is -0.142. The normalized spacial score (nSPS) is 12.5. The Morgan fingerprint density at radius 2 is 1.86 bits per heavy atom. The van der Waals surface area contributed by atoms with Gasteiger partial charge in [0.15, 0.2) is 0 Å². The van der Waals surface area contributed by atoms with Crippen molar-refractivity contribution >= 4 is 29.2 Å². The molecule has 3 nitrogen and oxygen atoms in total. The Kier molecular flexibility index (Phi) is 3.75. The summed E-state index contributed by atoms with van der Waals surface area (Å²) in [5.41, 5.74) is 6.27. The summed E-state index contributed by atoms with van der Waals surface area (Å²) >= 11 is 11.5. The number of hydrogen-bond acceptors (Lipinski definition) is 2. The number of carboxylic acid groups (broad SMARTS) is 1. The quantitative estimate of drug-likeness (QED) is 0.844. The van der Waals surface area contributed by atoms with E-state index in [4.69, 9.17) is 34.0 Å². The van der Waals surface area contributed by atoms with Crippen LogP contribution in [0.2, 0.25) is 10.0 Å². The van der Waals surface area contributed by atoms with Crippen molar-refractivity contribution in [1.82, 2.24) is 0 Å². The van der Waals surface area contributed by atoms with Gasteiger partial charge in [-0.2, -0.15) is 0 Å². The molecular formula is C9H9Cl2NO2. The van der Waals surface area contributed by atoms with E-state index in [9.17, 15) is 4.79 Å². The van der Waals surface area contributed by atoms with Crippen molar-refractivity contribution in [3.05, 3.63) is 33.8 Å². The minimum Gasteiger partial charge on any atom is -0.481 e. The van der Waals surface area contributed by atoms with Gasteiger partial charge in [0.25, 0.3) is 0 Å². The third-order valence-electron chi connectivity index (χ3n) is 1.71. The largest absolute Gasteiger partial charge is 0.481 e. The Bertz CT molecular complexity index is 334. The van der Waals surface area contributed by atoms with Gasteiger partial charge in [-0.15, -0.1) is 0 Å². The van der Waals surface area contributed by atoms with Crippen LogP contribution in [0.25, 0.3) is 0 Å². The monoisotopic (exact) mass is 233 g/mol. The number of halogens is 2. The Morgan fingerprint density at radius 3 is 2.29 bits per heavy atom. The second kappa shape index (κ2) is 4.64. The lowest BCUT2D eigenvalue weighted by molar-refractivity contribution is -0.137. The summed E-state index contributed by atoms with van der Waals surface area (Å²) in [6, 6.07) is 4.21. The molecule has 0 radical (unpaired) electrons. The molecule has 0 amide bonds. The van der Waals surface area contributed by atoms with Crippen molar-refractivity contribution in [1.29, 1.82) is 0 Å². The van der Waals surface area contributed by atoms with Gasteiger partial charge in [-0.3, -0.25) is 4.79 Å². The topological polar surface area (TPSA) is 63.3 Å². The van der Waals surface area contributed by atoms with Crippen molar-refractivity contribution in [2.75, 3.05) is 0 Å². The van der Waals surface area contributed by atoms with Gasteiger partial charge in [-0.05, 0) is 23.8 Å². The smallest absolute Gasteiger partial charge is 0.305 e. The van der Waals surface area contributed by atoms with Gasteiger partial charge >= 0.3 is 5.97 Å². The maximum Gasteiger partial charge on any atom is 0.305 e. The third-order valence-corrected chi connectivity index (χ3v) is 2.14. The molecular weight excluding hydrogens is 225 g/mol. The van der Waals surface area contributed by atoms with E-state index in [2.05, 4.69) is 0 Å².